The molecule has 0 unspecified atom stereocenters. The van der Waals surface area contributed by atoms with E-state index in [1.165, 1.54) is 22.7 Å². The second-order valence-electron chi connectivity index (χ2n) is 7.38. The number of amides is 2. The average Bonchev–Trinajstić information content (AvgIpc) is 3.41. The Balaban J connectivity index is 1.09. The summed E-state index contributed by atoms with van der Waals surface area (Å²) in [7, 11) is 0. The molecule has 0 atom stereocenters. The molecule has 1 fully saturated rings. The molecule has 5 rings (SSSR count). The standard InChI is InChI=1S/C22H19N5O3S2/c28-19(25-21-27-26-20(32-21)15-9-10-15)14-7-5-13(6-8-14)11-23-22(29)30-12-18-24-16-3-1-2-4-17(16)31-18/h1-8,15H,9-12H2,(H,23,29)(H,25,27,28). The smallest absolute Gasteiger partial charge is 0.407 e. The molecule has 0 radical (unpaired) electrons. The fourth-order valence-electron chi connectivity index (χ4n) is 3.06. The molecule has 2 aromatic carbocycles. The van der Waals surface area contributed by atoms with Crippen molar-refractivity contribution in [1.82, 2.24) is 20.5 Å². The third-order valence-corrected chi connectivity index (χ3v) is 6.92. The minimum absolute atomic E-state index is 0.123. The first-order chi connectivity index (χ1) is 15.6. The van der Waals surface area contributed by atoms with E-state index in [0.29, 0.717) is 23.2 Å². The van der Waals surface area contributed by atoms with Crippen LogP contribution in [0, 0.1) is 0 Å². The maximum Gasteiger partial charge on any atom is 0.407 e. The molecule has 0 bridgehead atoms. The van der Waals surface area contributed by atoms with Crippen molar-refractivity contribution in [2.45, 2.75) is 31.9 Å². The van der Waals surface area contributed by atoms with Crippen LogP contribution >= 0.6 is 22.7 Å². The number of benzene rings is 2. The molecule has 10 heteroatoms. The molecule has 2 N–H and O–H groups in total. The number of nitrogens with zero attached hydrogens (tertiary/aromatic N) is 3. The first-order valence-corrected chi connectivity index (χ1v) is 11.8. The van der Waals surface area contributed by atoms with Crippen LogP contribution in [-0.4, -0.2) is 27.2 Å². The quantitative estimate of drug-likeness (QED) is 0.410. The molecule has 4 aromatic rings. The Bertz CT molecular complexity index is 1230. The van der Waals surface area contributed by atoms with E-state index in [4.69, 9.17) is 4.74 Å². The number of hydrogen-bond donors (Lipinski definition) is 2. The summed E-state index contributed by atoms with van der Waals surface area (Å²) in [4.78, 5) is 28.8. The van der Waals surface area contributed by atoms with Gasteiger partial charge in [0.05, 0.1) is 10.2 Å². The van der Waals surface area contributed by atoms with Gasteiger partial charge >= 0.3 is 6.09 Å². The van der Waals surface area contributed by atoms with Gasteiger partial charge in [0.1, 0.15) is 16.6 Å². The van der Waals surface area contributed by atoms with E-state index in [9.17, 15) is 9.59 Å². The number of carbonyl (C=O) groups excluding carboxylic acids is 2. The monoisotopic (exact) mass is 465 g/mol. The summed E-state index contributed by atoms with van der Waals surface area (Å²) in [5.74, 6) is 0.274. The number of fused-ring (bicyclic) bond motifs is 1. The molecule has 32 heavy (non-hydrogen) atoms. The number of hydrogen-bond acceptors (Lipinski definition) is 8. The van der Waals surface area contributed by atoms with Gasteiger partial charge < -0.3 is 10.1 Å². The molecule has 2 heterocycles. The van der Waals surface area contributed by atoms with Gasteiger partial charge in [0, 0.05) is 18.0 Å². The van der Waals surface area contributed by atoms with Gasteiger partial charge in [-0.15, -0.1) is 21.5 Å². The SMILES string of the molecule is O=C(NCc1ccc(C(=O)Nc2nnc(C3CC3)s2)cc1)OCc1nc2ccccc2s1. The fourth-order valence-corrected chi connectivity index (χ4v) is 4.85. The van der Waals surface area contributed by atoms with Crippen molar-refractivity contribution in [3.8, 4) is 0 Å². The second-order valence-corrected chi connectivity index (χ2v) is 9.50. The van der Waals surface area contributed by atoms with Crippen molar-refractivity contribution in [3.63, 3.8) is 0 Å². The Morgan fingerprint density at radius 2 is 1.84 bits per heavy atom. The first kappa shape index (κ1) is 20.5. The molecule has 1 saturated carbocycles. The summed E-state index contributed by atoms with van der Waals surface area (Å²) in [5, 5.41) is 15.9. The average molecular weight is 466 g/mol. The molecule has 0 aliphatic heterocycles. The van der Waals surface area contributed by atoms with Crippen molar-refractivity contribution >= 4 is 50.0 Å². The topological polar surface area (TPSA) is 106 Å². The largest absolute Gasteiger partial charge is 0.442 e. The Kier molecular flexibility index (Phi) is 5.78. The lowest BCUT2D eigenvalue weighted by Crippen LogP contribution is -2.23. The number of rotatable bonds is 7. The van der Waals surface area contributed by atoms with Crippen molar-refractivity contribution in [1.29, 1.82) is 0 Å². The van der Waals surface area contributed by atoms with Crippen molar-refractivity contribution < 1.29 is 14.3 Å². The van der Waals surface area contributed by atoms with Gasteiger partial charge in [-0.3, -0.25) is 10.1 Å². The van der Waals surface area contributed by atoms with Crippen LogP contribution in [0.5, 0.6) is 0 Å². The van der Waals surface area contributed by atoms with Gasteiger partial charge in [-0.2, -0.15) is 0 Å². The van der Waals surface area contributed by atoms with Gasteiger partial charge in [0.25, 0.3) is 5.91 Å². The maximum atomic E-state index is 12.4. The number of anilines is 1. The molecule has 0 saturated heterocycles. The normalized spacial score (nSPS) is 13.1. The van der Waals surface area contributed by atoms with E-state index >= 15 is 0 Å². The van der Waals surface area contributed by atoms with E-state index < -0.39 is 6.09 Å². The summed E-state index contributed by atoms with van der Waals surface area (Å²) < 4.78 is 6.31. The summed E-state index contributed by atoms with van der Waals surface area (Å²) in [5.41, 5.74) is 2.26. The third-order valence-electron chi connectivity index (χ3n) is 4.91. The fraction of sp³-hybridized carbons (Fsp3) is 0.227. The lowest BCUT2D eigenvalue weighted by molar-refractivity contribution is 0.102. The molecule has 1 aliphatic carbocycles. The number of para-hydroxylation sites is 1. The highest BCUT2D eigenvalue weighted by atomic mass is 32.1. The molecule has 1 aliphatic rings. The predicted molar refractivity (Wildman–Crippen MR) is 123 cm³/mol. The van der Waals surface area contributed by atoms with Gasteiger partial charge in [0.2, 0.25) is 5.13 Å². The number of ether oxygens (including phenoxy) is 1. The summed E-state index contributed by atoms with van der Waals surface area (Å²) in [6, 6.07) is 14.8. The van der Waals surface area contributed by atoms with Crippen LogP contribution < -0.4 is 10.6 Å². The second kappa shape index (κ2) is 9.01. The Labute approximate surface area is 191 Å². The maximum absolute atomic E-state index is 12.4. The van der Waals surface area contributed by atoms with Crippen molar-refractivity contribution in [2.75, 3.05) is 5.32 Å². The van der Waals surface area contributed by atoms with E-state index in [2.05, 4.69) is 25.8 Å². The molecule has 2 amide bonds. The van der Waals surface area contributed by atoms with Crippen LogP contribution in [0.2, 0.25) is 0 Å². The van der Waals surface area contributed by atoms with Gasteiger partial charge in [-0.25, -0.2) is 9.78 Å². The van der Waals surface area contributed by atoms with E-state index in [1.807, 2.05) is 24.3 Å². The van der Waals surface area contributed by atoms with E-state index in [1.54, 1.807) is 24.3 Å². The summed E-state index contributed by atoms with van der Waals surface area (Å²) in [6.45, 7) is 0.417. The molecule has 0 spiro atoms. The zero-order chi connectivity index (χ0) is 21.9. The number of aromatic nitrogens is 3. The molecular formula is C22H19N5O3S2. The Hall–Kier alpha value is -3.37. The minimum atomic E-state index is -0.520. The lowest BCUT2D eigenvalue weighted by atomic mass is 10.1. The summed E-state index contributed by atoms with van der Waals surface area (Å²) in [6.07, 6.45) is 1.77. The Morgan fingerprint density at radius 3 is 2.62 bits per heavy atom. The van der Waals surface area contributed by atoms with Crippen LogP contribution in [0.1, 0.15) is 44.7 Å². The number of nitrogens with one attached hydrogen (secondary N) is 2. The van der Waals surface area contributed by atoms with Crippen LogP contribution in [0.3, 0.4) is 0 Å². The van der Waals surface area contributed by atoms with Crippen LogP contribution in [-0.2, 0) is 17.9 Å². The summed E-state index contributed by atoms with van der Waals surface area (Å²) >= 11 is 2.93. The number of thiazole rings is 1. The van der Waals surface area contributed by atoms with Gasteiger partial charge in [-0.1, -0.05) is 35.6 Å². The van der Waals surface area contributed by atoms with E-state index in [-0.39, 0.29) is 12.5 Å². The van der Waals surface area contributed by atoms with E-state index in [0.717, 1.165) is 38.6 Å². The zero-order valence-corrected chi connectivity index (χ0v) is 18.5. The van der Waals surface area contributed by atoms with Crippen LogP contribution in [0.15, 0.2) is 48.5 Å². The number of alkyl carbamates (subject to hydrolysis) is 1. The first-order valence-electron chi connectivity index (χ1n) is 10.1. The minimum Gasteiger partial charge on any atom is -0.442 e. The molecule has 8 nitrogen and oxygen atoms in total. The highest BCUT2D eigenvalue weighted by Gasteiger charge is 2.27. The van der Waals surface area contributed by atoms with Crippen LogP contribution in [0.4, 0.5) is 9.93 Å². The highest BCUT2D eigenvalue weighted by Crippen LogP contribution is 2.42. The lowest BCUT2D eigenvalue weighted by Gasteiger charge is -2.07. The Morgan fingerprint density at radius 1 is 1.03 bits per heavy atom. The van der Waals surface area contributed by atoms with Crippen molar-refractivity contribution in [3.05, 3.63) is 69.7 Å². The van der Waals surface area contributed by atoms with Gasteiger partial charge in [0.15, 0.2) is 0 Å². The van der Waals surface area contributed by atoms with Gasteiger partial charge in [-0.05, 0) is 42.7 Å². The zero-order valence-electron chi connectivity index (χ0n) is 16.9. The predicted octanol–water partition coefficient (Wildman–Crippen LogP) is 4.70. The third kappa shape index (κ3) is 4.92. The molecule has 162 valence electrons. The molecular weight excluding hydrogens is 446 g/mol. The van der Waals surface area contributed by atoms with Crippen molar-refractivity contribution in [2.24, 2.45) is 0 Å². The highest BCUT2D eigenvalue weighted by molar-refractivity contribution is 7.18. The number of carbonyl (C=O) groups is 2. The molecule has 2 aromatic heterocycles. The van der Waals surface area contributed by atoms with Crippen LogP contribution in [0.25, 0.3) is 10.2 Å².